The fourth-order valence-corrected chi connectivity index (χ4v) is 22.8. The number of thiol groups is 1. The molecule has 6 aliphatic heterocycles. The number of imidazole rings is 2. The Morgan fingerprint density at radius 3 is 1.26 bits per heavy atom. The van der Waals surface area contributed by atoms with Gasteiger partial charge in [-0.25, -0.2) is 58.2 Å². The minimum Gasteiger partial charge on any atom is -0.387 e. The molecule has 0 spiro atoms. The third-order valence-corrected chi connectivity index (χ3v) is 30.1. The highest BCUT2D eigenvalue weighted by Crippen LogP contribution is 2.60. The molecule has 8 aromatic rings. The number of phosphoric acid groups is 1. The van der Waals surface area contributed by atoms with E-state index in [-0.39, 0.29) is 128 Å². The third kappa shape index (κ3) is 25.6. The summed E-state index contributed by atoms with van der Waals surface area (Å²) < 4.78 is 184. The molecular formula is C73H106N21O36P5S4. The van der Waals surface area contributed by atoms with Crippen LogP contribution < -0.4 is 57.0 Å². The number of ether oxygens (including phenoxy) is 14. The van der Waals surface area contributed by atoms with Crippen molar-refractivity contribution in [2.45, 2.75) is 189 Å². The summed E-state index contributed by atoms with van der Waals surface area (Å²) in [6, 6.07) is 0. The highest BCUT2D eigenvalue weighted by atomic mass is 32.7. The molecule has 8 aromatic heterocycles. The number of nitrogens with two attached hydrogens (primary N) is 5. The van der Waals surface area contributed by atoms with Crippen molar-refractivity contribution in [3.63, 3.8) is 0 Å². The van der Waals surface area contributed by atoms with Gasteiger partial charge in [-0.05, 0) is 69.5 Å². The van der Waals surface area contributed by atoms with Gasteiger partial charge in [-0.1, -0.05) is 19.2 Å². The number of hydrogen-bond donors (Lipinski definition) is 12. The van der Waals surface area contributed by atoms with Gasteiger partial charge in [0, 0.05) is 88.3 Å². The van der Waals surface area contributed by atoms with Crippen LogP contribution in [0.15, 0.2) is 74.1 Å². The average Bonchev–Trinajstić information content (AvgIpc) is 1.82. The van der Waals surface area contributed by atoms with E-state index < -0.39 is 231 Å². The summed E-state index contributed by atoms with van der Waals surface area (Å²) in [4.78, 5) is 155. The summed E-state index contributed by atoms with van der Waals surface area (Å²) in [6.45, 7) is -16.8. The summed E-state index contributed by atoms with van der Waals surface area (Å²) >= 11 is 21.5. The van der Waals surface area contributed by atoms with Crippen molar-refractivity contribution < 1.29 is 145 Å². The highest BCUT2D eigenvalue weighted by molar-refractivity contribution is 8.44. The molecule has 0 saturated carbocycles. The Labute approximate surface area is 808 Å². The van der Waals surface area contributed by atoms with Crippen molar-refractivity contribution in [2.24, 2.45) is 0 Å². The number of nitrogens with zero attached hydrogens (tertiary/aromatic N) is 15. The molecule has 16 N–H and O–H groups in total. The van der Waals surface area contributed by atoms with Gasteiger partial charge < -0.3 is 138 Å². The molecule has 0 aromatic carbocycles. The summed E-state index contributed by atoms with van der Waals surface area (Å²) in [5.41, 5.74) is 27.7. The Kier molecular flexibility index (Phi) is 35.8. The van der Waals surface area contributed by atoms with E-state index in [9.17, 15) is 48.7 Å². The second-order valence-corrected chi connectivity index (χ2v) is 44.8. The molecule has 768 valence electrons. The molecule has 139 heavy (non-hydrogen) atoms. The number of rotatable bonds is 48. The maximum atomic E-state index is 15.4. The smallest absolute Gasteiger partial charge is 0.387 e. The topological polar surface area (TPSA) is 734 Å². The van der Waals surface area contributed by atoms with Gasteiger partial charge >= 0.3 is 57.5 Å². The Bertz CT molecular complexity index is 6240. The Balaban J connectivity index is 0.741. The Hall–Kier alpha value is -6.98. The van der Waals surface area contributed by atoms with Crippen molar-refractivity contribution in [3.05, 3.63) is 125 Å². The predicted molar refractivity (Wildman–Crippen MR) is 494 cm³/mol. The van der Waals surface area contributed by atoms with Crippen LogP contribution in [0.5, 0.6) is 0 Å². The molecule has 0 aliphatic carbocycles. The molecule has 6 fully saturated rings. The molecule has 57 nitrogen and oxygen atoms in total. The number of nitrogens with one attached hydrogen (secondary N) is 1. The number of aliphatic hydroxyl groups excluding tert-OH is 1. The van der Waals surface area contributed by atoms with E-state index in [1.807, 2.05) is 0 Å². The first-order valence-electron chi connectivity index (χ1n) is 42.6. The van der Waals surface area contributed by atoms with Gasteiger partial charge in [0.15, 0.2) is 47.8 Å². The zero-order valence-electron chi connectivity index (χ0n) is 75.5. The second kappa shape index (κ2) is 46.2. The molecular weight excluding hydrogens is 2030 g/mol. The molecule has 14 rings (SSSR count). The lowest BCUT2D eigenvalue weighted by molar-refractivity contribution is -0.0838. The van der Waals surface area contributed by atoms with Crippen LogP contribution in [0.25, 0.3) is 22.3 Å². The molecule has 14 heterocycles. The molecule has 6 saturated heterocycles. The Morgan fingerprint density at radius 1 is 0.424 bits per heavy atom. The average molecular weight is 2140 g/mol. The van der Waals surface area contributed by atoms with Crippen LogP contribution in [0.3, 0.4) is 0 Å². The van der Waals surface area contributed by atoms with Crippen LogP contribution in [-0.2, 0) is 156 Å². The molecule has 66 heteroatoms. The van der Waals surface area contributed by atoms with Gasteiger partial charge in [0.05, 0.1) is 111 Å². The van der Waals surface area contributed by atoms with Crippen LogP contribution >= 0.6 is 47.0 Å². The van der Waals surface area contributed by atoms with Crippen molar-refractivity contribution in [2.75, 3.05) is 143 Å². The number of nitrogen functional groups attached to an aromatic ring is 5. The molecule has 9 unspecified atom stereocenters. The van der Waals surface area contributed by atoms with E-state index in [0.717, 1.165) is 26.4 Å². The lowest BCUT2D eigenvalue weighted by atomic mass is 10.1. The number of hydrogen-bond acceptors (Lipinski definition) is 49. The van der Waals surface area contributed by atoms with E-state index in [2.05, 4.69) is 62.1 Å². The minimum absolute atomic E-state index is 0.0146. The monoisotopic (exact) mass is 2140 g/mol. The number of aromatic nitrogens is 16. The first-order chi connectivity index (χ1) is 66.0. The van der Waals surface area contributed by atoms with Gasteiger partial charge in [-0.2, -0.15) is 15.0 Å². The molecule has 6 aliphatic rings. The van der Waals surface area contributed by atoms with Crippen LogP contribution in [0.2, 0.25) is 0 Å². The summed E-state index contributed by atoms with van der Waals surface area (Å²) in [7, 11) is -0.300. The van der Waals surface area contributed by atoms with Gasteiger partial charge in [0.2, 0.25) is 0 Å². The third-order valence-electron chi connectivity index (χ3n) is 22.8. The lowest BCUT2D eigenvalue weighted by Crippen LogP contribution is -2.41. The number of phosphoric ester groups is 1. The van der Waals surface area contributed by atoms with E-state index >= 15 is 9.13 Å². The predicted octanol–water partition coefficient (Wildman–Crippen LogP) is -0.00862. The first-order valence-corrected chi connectivity index (χ1v) is 54.5. The first kappa shape index (κ1) is 108. The van der Waals surface area contributed by atoms with Gasteiger partial charge in [0.1, 0.15) is 139 Å². The number of aryl methyl sites for hydroxylation is 4. The second-order valence-electron chi connectivity index (χ2n) is 32.2. The standard InChI is InChI=1S/C73H106N21O36P5S4/c1-10-38-39(19-46(120-38)89-21-34(2)58(74)85-70(89)97)126-132(103,136)116-25-41-40(20-47(121-41)90-24-37(5)65(96)88-73(90)100)127-133(104,137)118-28-44-51(55(112-16-12-108-7)68(124-44)93-32-83-48-61(77)79-30-81-63(48)93)128-131(101,102)115-27-43-52(56(113-17-13-109-8)67(123-43)92-23-36(4)60(76)87-72(92)99)129-135(106,139)119-29-45-53(57(114-18-14-110-9)69(125-45)94-33-84-49-62(78)80-31-82-64(49)94)130-134(105,138)117-26-42-50(95)54(111-15-11-107-6)66(122-42)91-22-35(3)59(75)86-71(91)98/h21-24,30-33,38-47,50-57,66-69,95H,10-20,25-29H2,1-9H3,(H,101,102)(H,103,136)(H,104,137)(H,105,138)(H,106,139)(H2,74,85,97)(H2,75,86,98)(H2,76,87,99)(H2,77,79,81)(H2,78,80,82)(H,88,96,100)/t38-,39-,40-,41-,42-,43-,44-,45-,46-,47-,50+,51+,52+,53+,54?,55?,56?,57?,66-,67-,68-,69-,132?,133?,134?,135?/m1/s1. The van der Waals surface area contributed by atoms with Gasteiger partial charge in [-0.15, -0.1) is 0 Å². The van der Waals surface area contributed by atoms with E-state index in [1.54, 1.807) is 20.8 Å². The highest BCUT2D eigenvalue weighted by Gasteiger charge is 2.57. The maximum Gasteiger partial charge on any atom is 0.472 e. The molecule has 0 radical (unpaired) electrons. The van der Waals surface area contributed by atoms with E-state index in [0.29, 0.717) is 17.5 Å². The van der Waals surface area contributed by atoms with Crippen molar-refractivity contribution in [1.29, 1.82) is 0 Å². The number of aliphatic hydroxyl groups is 1. The van der Waals surface area contributed by atoms with Crippen LogP contribution in [0.4, 0.5) is 29.1 Å². The van der Waals surface area contributed by atoms with Gasteiger partial charge in [-0.3, -0.25) is 64.3 Å². The summed E-state index contributed by atoms with van der Waals surface area (Å²) in [5, 5.41) is 11.8. The summed E-state index contributed by atoms with van der Waals surface area (Å²) in [5.74, 6) is -0.381. The number of aromatic amines is 1. The minimum atomic E-state index is -5.81. The van der Waals surface area contributed by atoms with Crippen molar-refractivity contribution in [1.82, 2.24) is 77.2 Å². The van der Waals surface area contributed by atoms with Gasteiger partial charge in [0.25, 0.3) is 5.56 Å². The number of fused-ring (bicyclic) bond motifs is 2. The van der Waals surface area contributed by atoms with E-state index in [4.69, 9.17) is 176 Å². The van der Waals surface area contributed by atoms with Crippen molar-refractivity contribution in [3.8, 4) is 0 Å². The lowest BCUT2D eigenvalue weighted by Gasteiger charge is -2.30. The number of methoxy groups -OCH3 is 4. The maximum absolute atomic E-state index is 15.4. The molecule has 27 atom stereocenters. The van der Waals surface area contributed by atoms with Crippen molar-refractivity contribution >= 4 is 134 Å². The normalized spacial score (nSPS) is 29.4. The Morgan fingerprint density at radius 2 is 0.791 bits per heavy atom. The van der Waals surface area contributed by atoms with E-state index in [1.165, 1.54) is 93.4 Å². The quantitative estimate of drug-likeness (QED) is 0.0136. The zero-order chi connectivity index (χ0) is 100. The number of H-pyrrole nitrogens is 1. The largest absolute Gasteiger partial charge is 0.472 e. The van der Waals surface area contributed by atoms with Crippen LogP contribution in [0.1, 0.15) is 85.8 Å². The van der Waals surface area contributed by atoms with Crippen LogP contribution in [-0.4, -0.2) is 314 Å². The molecule has 0 amide bonds. The molecule has 0 bridgehead atoms. The fraction of sp³-hybridized carbons (Fsp3) is 0.644. The fourth-order valence-electron chi connectivity index (χ4n) is 15.9. The SMILES string of the molecule is CC[C@H]1O[C@@H](n2cc(C)c(N)nc2=O)C[C@H]1OP(O)(=S)OC[C@H]1O[C@@H](n2cc(C)c(=O)[nH]c2=O)C[C@H]1OP(=O)(S)OC[C@H]1O[C@@H](n2cnc3c(N)ncnc32)C(OCCOC)[C@H]1OP(=O)(O)OC[C@H]1O[C@@H](n2cc(C)c(N)nc2=O)C(OCCOC)[C@H]1OP(O)(=S)OC[C@H]1O[C@@H](n2cnc3c(N)ncnc32)C(OCCOC)[C@H]1OP(O)(=S)OC[C@H]1O[C@@H](n2cc(C)c(N)nc2=O)C(OCCOC)[C@H]1O. The summed E-state index contributed by atoms with van der Waals surface area (Å²) in [6.07, 6.45) is -22.6. The number of anilines is 5. The zero-order valence-corrected chi connectivity index (χ0v) is 83.3. The van der Waals surface area contributed by atoms with Crippen LogP contribution in [0, 0.1) is 27.7 Å².